The van der Waals surface area contributed by atoms with Gasteiger partial charge in [0.2, 0.25) is 0 Å². The highest BCUT2D eigenvalue weighted by Gasteiger charge is 2.32. The number of ether oxygens (including phenoxy) is 1. The van der Waals surface area contributed by atoms with E-state index in [4.69, 9.17) is 0 Å². The number of alkyl halides is 3. The molecule has 0 spiro atoms. The van der Waals surface area contributed by atoms with E-state index in [0.29, 0.717) is 0 Å². The fourth-order valence-corrected chi connectivity index (χ4v) is 1.94. The Bertz CT molecular complexity index is 389. The van der Waals surface area contributed by atoms with E-state index in [1.807, 2.05) is 6.92 Å². The molecule has 88 valence electrons. The Morgan fingerprint density at radius 1 is 1.44 bits per heavy atom. The number of benzene rings is 1. The molecule has 1 aliphatic rings. The van der Waals surface area contributed by atoms with Gasteiger partial charge in [0.15, 0.2) is 0 Å². The number of nitrogens with one attached hydrogen (secondary N) is 1. The number of halogens is 3. The van der Waals surface area contributed by atoms with Crippen LogP contribution >= 0.6 is 0 Å². The first-order chi connectivity index (χ1) is 7.49. The fourth-order valence-electron chi connectivity index (χ4n) is 1.94. The minimum Gasteiger partial charge on any atom is -0.406 e. The number of rotatable bonds is 2. The summed E-state index contributed by atoms with van der Waals surface area (Å²) in [5, 5.41) is 3.15. The number of anilines is 1. The van der Waals surface area contributed by atoms with Crippen LogP contribution in [0.5, 0.6) is 5.75 Å². The fraction of sp³-hybridized carbons (Fsp3) is 0.455. The molecule has 0 aliphatic carbocycles. The quantitative estimate of drug-likeness (QED) is 0.841. The third-order valence-electron chi connectivity index (χ3n) is 2.73. The van der Waals surface area contributed by atoms with Gasteiger partial charge >= 0.3 is 6.36 Å². The van der Waals surface area contributed by atoms with Gasteiger partial charge in [-0.1, -0.05) is 6.92 Å². The maximum atomic E-state index is 12.0. The minimum absolute atomic E-state index is 0.145. The topological polar surface area (TPSA) is 21.3 Å². The maximum absolute atomic E-state index is 12.0. The average molecular weight is 231 g/mol. The van der Waals surface area contributed by atoms with E-state index in [2.05, 4.69) is 10.1 Å². The molecule has 0 unspecified atom stereocenters. The van der Waals surface area contributed by atoms with E-state index >= 15 is 0 Å². The largest absolute Gasteiger partial charge is 0.573 e. The zero-order valence-corrected chi connectivity index (χ0v) is 8.77. The summed E-state index contributed by atoms with van der Waals surface area (Å²) in [6.45, 7) is 2.79. The minimum atomic E-state index is -4.62. The SMILES string of the molecule is CC[C@@H]1CNc2ccc(OC(F)(F)F)cc21. The predicted molar refractivity (Wildman–Crippen MR) is 54.6 cm³/mol. The lowest BCUT2D eigenvalue weighted by Crippen LogP contribution is -2.17. The summed E-state index contributed by atoms with van der Waals surface area (Å²) in [6, 6.07) is 4.43. The summed E-state index contributed by atoms with van der Waals surface area (Å²) in [5.74, 6) is 0.125. The lowest BCUT2D eigenvalue weighted by molar-refractivity contribution is -0.274. The molecule has 1 atom stereocenters. The molecule has 5 heteroatoms. The van der Waals surface area contributed by atoms with Crippen LogP contribution in [0.1, 0.15) is 24.8 Å². The van der Waals surface area contributed by atoms with Crippen molar-refractivity contribution in [2.24, 2.45) is 0 Å². The molecule has 1 aliphatic heterocycles. The van der Waals surface area contributed by atoms with Crippen molar-refractivity contribution in [3.8, 4) is 5.75 Å². The smallest absolute Gasteiger partial charge is 0.406 e. The second-order valence-corrected chi connectivity index (χ2v) is 3.78. The van der Waals surface area contributed by atoms with Crippen LogP contribution in [0.15, 0.2) is 18.2 Å². The van der Waals surface area contributed by atoms with E-state index in [-0.39, 0.29) is 11.7 Å². The molecule has 0 aromatic heterocycles. The van der Waals surface area contributed by atoms with Crippen molar-refractivity contribution in [3.63, 3.8) is 0 Å². The molecule has 2 nitrogen and oxygen atoms in total. The first-order valence-electron chi connectivity index (χ1n) is 5.13. The zero-order valence-electron chi connectivity index (χ0n) is 8.77. The Kier molecular flexibility index (Phi) is 2.69. The Labute approximate surface area is 91.4 Å². The van der Waals surface area contributed by atoms with Crippen molar-refractivity contribution >= 4 is 5.69 Å². The van der Waals surface area contributed by atoms with Gasteiger partial charge < -0.3 is 10.1 Å². The Morgan fingerprint density at radius 3 is 2.81 bits per heavy atom. The van der Waals surface area contributed by atoms with Crippen molar-refractivity contribution in [2.75, 3.05) is 11.9 Å². The summed E-state index contributed by atoms with van der Waals surface area (Å²) in [7, 11) is 0. The molecule has 0 radical (unpaired) electrons. The van der Waals surface area contributed by atoms with E-state index < -0.39 is 6.36 Å². The highest BCUT2D eigenvalue weighted by atomic mass is 19.4. The van der Waals surface area contributed by atoms with Gasteiger partial charge in [-0.25, -0.2) is 0 Å². The van der Waals surface area contributed by atoms with Crippen LogP contribution in [0.4, 0.5) is 18.9 Å². The predicted octanol–water partition coefficient (Wildman–Crippen LogP) is 3.50. The molecular weight excluding hydrogens is 219 g/mol. The van der Waals surface area contributed by atoms with Gasteiger partial charge in [-0.3, -0.25) is 0 Å². The van der Waals surface area contributed by atoms with Crippen LogP contribution < -0.4 is 10.1 Å². The van der Waals surface area contributed by atoms with Crippen molar-refractivity contribution in [3.05, 3.63) is 23.8 Å². The van der Waals surface area contributed by atoms with Crippen LogP contribution in [0.25, 0.3) is 0 Å². The van der Waals surface area contributed by atoms with Crippen LogP contribution in [0.3, 0.4) is 0 Å². The van der Waals surface area contributed by atoms with Gasteiger partial charge in [-0.15, -0.1) is 13.2 Å². The van der Waals surface area contributed by atoms with Gasteiger partial charge in [0.25, 0.3) is 0 Å². The van der Waals surface area contributed by atoms with Crippen LogP contribution in [0.2, 0.25) is 0 Å². The van der Waals surface area contributed by atoms with E-state index in [0.717, 1.165) is 24.2 Å². The van der Waals surface area contributed by atoms with Crippen molar-refractivity contribution in [2.45, 2.75) is 25.6 Å². The van der Waals surface area contributed by atoms with Crippen molar-refractivity contribution in [1.82, 2.24) is 0 Å². The Hall–Kier alpha value is -1.39. The standard InChI is InChI=1S/C11H12F3NO/c1-2-7-6-15-10-4-3-8(5-9(7)10)16-11(12,13)14/h3-5,7,15H,2,6H2,1H3/t7-/m1/s1. The summed E-state index contributed by atoms with van der Waals surface area (Å²) >= 11 is 0. The van der Waals surface area contributed by atoms with Crippen molar-refractivity contribution in [1.29, 1.82) is 0 Å². The lowest BCUT2D eigenvalue weighted by Gasteiger charge is -2.11. The lowest BCUT2D eigenvalue weighted by atomic mass is 9.99. The Balaban J connectivity index is 2.25. The third kappa shape index (κ3) is 2.23. The second kappa shape index (κ2) is 3.88. The van der Waals surface area contributed by atoms with Crippen LogP contribution in [-0.4, -0.2) is 12.9 Å². The average Bonchev–Trinajstić information content (AvgIpc) is 2.57. The van der Waals surface area contributed by atoms with E-state index in [9.17, 15) is 13.2 Å². The highest BCUT2D eigenvalue weighted by molar-refractivity contribution is 5.60. The van der Waals surface area contributed by atoms with Crippen molar-refractivity contribution < 1.29 is 17.9 Å². The molecule has 0 saturated carbocycles. The summed E-state index contributed by atoms with van der Waals surface area (Å²) in [5.41, 5.74) is 1.81. The summed E-state index contributed by atoms with van der Waals surface area (Å²) in [6.07, 6.45) is -3.72. The van der Waals surface area contributed by atoms with E-state index in [1.165, 1.54) is 12.1 Å². The summed E-state index contributed by atoms with van der Waals surface area (Å²) < 4.78 is 40.0. The number of hydrogen-bond donors (Lipinski definition) is 1. The number of hydrogen-bond acceptors (Lipinski definition) is 2. The van der Waals surface area contributed by atoms with Gasteiger partial charge in [0.1, 0.15) is 5.75 Å². The molecule has 1 aromatic carbocycles. The summed E-state index contributed by atoms with van der Waals surface area (Å²) in [4.78, 5) is 0. The van der Waals surface area contributed by atoms with Gasteiger partial charge in [-0.05, 0) is 30.2 Å². The Morgan fingerprint density at radius 2 is 2.19 bits per heavy atom. The molecule has 1 heterocycles. The molecule has 16 heavy (non-hydrogen) atoms. The van der Waals surface area contributed by atoms with Gasteiger partial charge in [0, 0.05) is 18.2 Å². The molecule has 1 N–H and O–H groups in total. The zero-order chi connectivity index (χ0) is 11.8. The van der Waals surface area contributed by atoms with Gasteiger partial charge in [0.05, 0.1) is 0 Å². The molecular formula is C11H12F3NO. The monoisotopic (exact) mass is 231 g/mol. The van der Waals surface area contributed by atoms with Gasteiger partial charge in [-0.2, -0.15) is 0 Å². The highest BCUT2D eigenvalue weighted by Crippen LogP contribution is 2.37. The normalized spacial score (nSPS) is 19.1. The van der Waals surface area contributed by atoms with Crippen LogP contribution in [-0.2, 0) is 0 Å². The third-order valence-corrected chi connectivity index (χ3v) is 2.73. The molecule has 0 amide bonds. The first kappa shape index (κ1) is 11.1. The molecule has 0 saturated heterocycles. The molecule has 0 fully saturated rings. The molecule has 2 rings (SSSR count). The van der Waals surface area contributed by atoms with E-state index in [1.54, 1.807) is 6.07 Å². The van der Waals surface area contributed by atoms with Crippen LogP contribution in [0, 0.1) is 0 Å². The molecule has 1 aromatic rings. The second-order valence-electron chi connectivity index (χ2n) is 3.78. The number of fused-ring (bicyclic) bond motifs is 1. The maximum Gasteiger partial charge on any atom is 0.573 e. The molecule has 0 bridgehead atoms. The first-order valence-corrected chi connectivity index (χ1v) is 5.13.